The second-order valence-electron chi connectivity index (χ2n) is 5.01. The van der Waals surface area contributed by atoms with Gasteiger partial charge >= 0.3 is 0 Å². The van der Waals surface area contributed by atoms with E-state index in [0.29, 0.717) is 20.7 Å². The molecule has 0 aliphatic heterocycles. The number of hydrazine groups is 1. The number of benzene rings is 2. The smallest absolute Gasteiger partial charge is 0.270 e. The second kappa shape index (κ2) is 9.19. The molecule has 25 heavy (non-hydrogen) atoms. The van der Waals surface area contributed by atoms with Crippen molar-refractivity contribution < 1.29 is 14.4 Å². The lowest BCUT2D eigenvalue weighted by molar-refractivity contribution is -0.124. The Morgan fingerprint density at radius 1 is 0.880 bits per heavy atom. The maximum absolute atomic E-state index is 11.9. The van der Waals surface area contributed by atoms with E-state index in [-0.39, 0.29) is 18.7 Å². The number of anilines is 1. The predicted molar refractivity (Wildman–Crippen MR) is 99.1 cm³/mol. The fourth-order valence-electron chi connectivity index (χ4n) is 1.90. The Labute approximate surface area is 158 Å². The standard InChI is InChI=1S/C17H15BrClN3O3/c18-12-6-2-1-5-11(12)17(25)22-21-16(24)10-9-15(23)20-14-8-4-3-7-13(14)19/h1-8H,9-10H2,(H,20,23)(H,21,24)(H,22,25). The summed E-state index contributed by atoms with van der Waals surface area (Å²) in [7, 11) is 0. The van der Waals surface area contributed by atoms with Crippen LogP contribution in [0.15, 0.2) is 53.0 Å². The van der Waals surface area contributed by atoms with Crippen molar-refractivity contribution in [2.24, 2.45) is 0 Å². The van der Waals surface area contributed by atoms with Crippen LogP contribution in [-0.2, 0) is 9.59 Å². The van der Waals surface area contributed by atoms with Crippen LogP contribution < -0.4 is 16.2 Å². The minimum Gasteiger partial charge on any atom is -0.325 e. The molecule has 0 fully saturated rings. The number of carbonyl (C=O) groups excluding carboxylic acids is 3. The summed E-state index contributed by atoms with van der Waals surface area (Å²) in [6.45, 7) is 0. The highest BCUT2D eigenvalue weighted by molar-refractivity contribution is 9.10. The SMILES string of the molecule is O=C(CCC(=O)Nc1ccccc1Cl)NNC(=O)c1ccccc1Br. The van der Waals surface area contributed by atoms with Crippen molar-refractivity contribution in [1.82, 2.24) is 10.9 Å². The lowest BCUT2D eigenvalue weighted by atomic mass is 10.2. The summed E-state index contributed by atoms with van der Waals surface area (Å²) in [6, 6.07) is 13.6. The van der Waals surface area contributed by atoms with Gasteiger partial charge in [0.2, 0.25) is 11.8 Å². The van der Waals surface area contributed by atoms with Gasteiger partial charge in [-0.2, -0.15) is 0 Å². The van der Waals surface area contributed by atoms with Crippen LogP contribution in [0.25, 0.3) is 0 Å². The Balaban J connectivity index is 1.75. The zero-order chi connectivity index (χ0) is 18.2. The largest absolute Gasteiger partial charge is 0.325 e. The van der Waals surface area contributed by atoms with Crippen LogP contribution in [0.1, 0.15) is 23.2 Å². The molecule has 2 aromatic rings. The number of hydrogen-bond donors (Lipinski definition) is 3. The molecule has 0 saturated carbocycles. The third kappa shape index (κ3) is 5.88. The van der Waals surface area contributed by atoms with Gasteiger partial charge in [-0.05, 0) is 40.2 Å². The van der Waals surface area contributed by atoms with Gasteiger partial charge in [-0.3, -0.25) is 25.2 Å². The number of nitrogens with one attached hydrogen (secondary N) is 3. The van der Waals surface area contributed by atoms with Crippen molar-refractivity contribution in [3.63, 3.8) is 0 Å². The topological polar surface area (TPSA) is 87.3 Å². The zero-order valence-corrected chi connectivity index (χ0v) is 15.4. The van der Waals surface area contributed by atoms with Crippen LogP contribution in [0.5, 0.6) is 0 Å². The Kier molecular flexibility index (Phi) is 6.97. The Morgan fingerprint density at radius 2 is 1.52 bits per heavy atom. The summed E-state index contributed by atoms with van der Waals surface area (Å²) in [5.41, 5.74) is 5.45. The molecule has 0 heterocycles. The Bertz CT molecular complexity index is 798. The van der Waals surface area contributed by atoms with E-state index in [0.717, 1.165) is 0 Å². The maximum atomic E-state index is 11.9. The van der Waals surface area contributed by atoms with Gasteiger partial charge in [0, 0.05) is 17.3 Å². The monoisotopic (exact) mass is 423 g/mol. The van der Waals surface area contributed by atoms with E-state index in [9.17, 15) is 14.4 Å². The molecular formula is C17H15BrClN3O3. The second-order valence-corrected chi connectivity index (χ2v) is 6.27. The molecule has 3 N–H and O–H groups in total. The highest BCUT2D eigenvalue weighted by atomic mass is 79.9. The van der Waals surface area contributed by atoms with Gasteiger partial charge in [-0.25, -0.2) is 0 Å². The number of hydrogen-bond acceptors (Lipinski definition) is 3. The molecule has 0 radical (unpaired) electrons. The first-order valence-electron chi connectivity index (χ1n) is 7.35. The summed E-state index contributed by atoms with van der Waals surface area (Å²) in [5, 5.41) is 3.04. The summed E-state index contributed by atoms with van der Waals surface area (Å²) in [4.78, 5) is 35.5. The molecule has 0 aliphatic carbocycles. The molecule has 6 nitrogen and oxygen atoms in total. The first-order valence-corrected chi connectivity index (χ1v) is 8.52. The van der Waals surface area contributed by atoms with E-state index in [1.807, 2.05) is 0 Å². The van der Waals surface area contributed by atoms with E-state index >= 15 is 0 Å². The molecule has 0 aliphatic rings. The first kappa shape index (κ1) is 19.0. The number of amides is 3. The lowest BCUT2D eigenvalue weighted by Crippen LogP contribution is -2.41. The average Bonchev–Trinajstić information content (AvgIpc) is 2.60. The molecule has 3 amide bonds. The van der Waals surface area contributed by atoms with E-state index in [4.69, 9.17) is 11.6 Å². The molecule has 2 aromatic carbocycles. The molecule has 0 saturated heterocycles. The normalized spacial score (nSPS) is 10.0. The van der Waals surface area contributed by atoms with E-state index in [1.165, 1.54) is 0 Å². The number of para-hydroxylation sites is 1. The summed E-state index contributed by atoms with van der Waals surface area (Å²) in [6.07, 6.45) is -0.117. The Morgan fingerprint density at radius 3 is 2.24 bits per heavy atom. The molecule has 0 bridgehead atoms. The van der Waals surface area contributed by atoms with Crippen molar-refractivity contribution in [2.75, 3.05) is 5.32 Å². The molecule has 8 heteroatoms. The van der Waals surface area contributed by atoms with Gasteiger partial charge < -0.3 is 5.32 Å². The van der Waals surface area contributed by atoms with Crippen LogP contribution in [0, 0.1) is 0 Å². The van der Waals surface area contributed by atoms with Gasteiger partial charge in [0.15, 0.2) is 0 Å². The van der Waals surface area contributed by atoms with Gasteiger partial charge in [-0.1, -0.05) is 35.9 Å². The molecule has 0 unspecified atom stereocenters. The Hall–Kier alpha value is -2.38. The minimum absolute atomic E-state index is 0.0397. The van der Waals surface area contributed by atoms with Crippen molar-refractivity contribution in [1.29, 1.82) is 0 Å². The van der Waals surface area contributed by atoms with Crippen LogP contribution >= 0.6 is 27.5 Å². The van der Waals surface area contributed by atoms with E-state index in [2.05, 4.69) is 32.1 Å². The van der Waals surface area contributed by atoms with E-state index < -0.39 is 11.8 Å². The third-order valence-corrected chi connectivity index (χ3v) is 4.18. The van der Waals surface area contributed by atoms with Crippen LogP contribution in [0.3, 0.4) is 0 Å². The molecule has 0 aromatic heterocycles. The minimum atomic E-state index is -0.477. The van der Waals surface area contributed by atoms with Crippen molar-refractivity contribution >= 4 is 50.9 Å². The average molecular weight is 425 g/mol. The quantitative estimate of drug-likeness (QED) is 0.644. The van der Waals surface area contributed by atoms with Gasteiger partial charge in [-0.15, -0.1) is 0 Å². The number of carbonyl (C=O) groups is 3. The maximum Gasteiger partial charge on any atom is 0.270 e. The van der Waals surface area contributed by atoms with Crippen molar-refractivity contribution in [3.8, 4) is 0 Å². The van der Waals surface area contributed by atoms with Crippen LogP contribution in [0.2, 0.25) is 5.02 Å². The lowest BCUT2D eigenvalue weighted by Gasteiger charge is -2.09. The van der Waals surface area contributed by atoms with Crippen LogP contribution in [0.4, 0.5) is 5.69 Å². The van der Waals surface area contributed by atoms with Crippen molar-refractivity contribution in [3.05, 3.63) is 63.6 Å². The highest BCUT2D eigenvalue weighted by Crippen LogP contribution is 2.20. The number of rotatable bonds is 5. The fourth-order valence-corrected chi connectivity index (χ4v) is 2.55. The summed E-state index contributed by atoms with van der Waals surface area (Å²) < 4.78 is 0.612. The highest BCUT2D eigenvalue weighted by Gasteiger charge is 2.12. The van der Waals surface area contributed by atoms with Crippen molar-refractivity contribution in [2.45, 2.75) is 12.8 Å². The summed E-state index contributed by atoms with van der Waals surface area (Å²) in [5.74, 6) is -1.28. The molecular weight excluding hydrogens is 410 g/mol. The number of halogens is 2. The van der Waals surface area contributed by atoms with E-state index in [1.54, 1.807) is 48.5 Å². The predicted octanol–water partition coefficient (Wildman–Crippen LogP) is 3.28. The van der Waals surface area contributed by atoms with Crippen LogP contribution in [-0.4, -0.2) is 17.7 Å². The molecule has 130 valence electrons. The molecule has 0 atom stereocenters. The zero-order valence-electron chi connectivity index (χ0n) is 13.0. The molecule has 2 rings (SSSR count). The van der Waals surface area contributed by atoms with Gasteiger partial charge in [0.1, 0.15) is 0 Å². The third-order valence-electron chi connectivity index (χ3n) is 3.16. The molecule has 0 spiro atoms. The first-order chi connectivity index (χ1) is 12.0. The fraction of sp³-hybridized carbons (Fsp3) is 0.118. The van der Waals surface area contributed by atoms with Gasteiger partial charge in [0.05, 0.1) is 16.3 Å². The van der Waals surface area contributed by atoms with Gasteiger partial charge in [0.25, 0.3) is 5.91 Å². The summed E-state index contributed by atoms with van der Waals surface area (Å²) >= 11 is 9.20.